The quantitative estimate of drug-likeness (QED) is 0.169. The summed E-state index contributed by atoms with van der Waals surface area (Å²) in [6, 6.07) is 69.5. The van der Waals surface area contributed by atoms with Crippen LogP contribution in [0.25, 0.3) is 87.5 Å². The zero-order chi connectivity index (χ0) is 35.6. The topological polar surface area (TPSA) is 29.3 Å². The molecule has 1 aromatic heterocycles. The first-order valence-corrected chi connectivity index (χ1v) is 18.4. The number of fused-ring (bicyclic) bond motifs is 10. The summed E-state index contributed by atoms with van der Waals surface area (Å²) in [5.74, 6) is 0.633. The highest BCUT2D eigenvalue weighted by Gasteiger charge is 2.18. The number of hydrogen-bond donors (Lipinski definition) is 0. The van der Waals surface area contributed by atoms with Crippen LogP contribution in [-0.2, 0) is 0 Å². The lowest BCUT2D eigenvalue weighted by Gasteiger charge is -2.27. The van der Waals surface area contributed by atoms with Gasteiger partial charge in [-0.1, -0.05) is 140 Å². The van der Waals surface area contributed by atoms with Crippen molar-refractivity contribution in [2.45, 2.75) is 0 Å². The SMILES string of the molecule is c1ccc(-c2cccc(N(c3ccc4c(ccc5ccc6ccc7nc(-c8ccccc8)oc7c6c54)c3)c3ccc4ccc5ccccc5c4c3)c2)cc1. The Morgan fingerprint density at radius 1 is 0.352 bits per heavy atom. The van der Waals surface area contributed by atoms with Crippen molar-refractivity contribution in [3.63, 3.8) is 0 Å². The van der Waals surface area contributed by atoms with Crippen molar-refractivity contribution in [2.24, 2.45) is 0 Å². The number of benzene rings is 10. The van der Waals surface area contributed by atoms with Crippen molar-refractivity contribution in [3.05, 3.63) is 194 Å². The Hall–Kier alpha value is -7.23. The number of nitrogens with zero attached hydrogens (tertiary/aromatic N) is 2. The van der Waals surface area contributed by atoms with E-state index in [0.29, 0.717) is 5.89 Å². The summed E-state index contributed by atoms with van der Waals surface area (Å²) in [5, 5.41) is 11.8. The average Bonchev–Trinajstić information content (AvgIpc) is 3.69. The Bertz CT molecular complexity index is 3220. The lowest BCUT2D eigenvalue weighted by Crippen LogP contribution is -2.10. The van der Waals surface area contributed by atoms with E-state index in [0.717, 1.165) is 49.9 Å². The molecule has 0 radical (unpaired) electrons. The first-order valence-electron chi connectivity index (χ1n) is 18.4. The van der Waals surface area contributed by atoms with Gasteiger partial charge in [-0.3, -0.25) is 0 Å². The van der Waals surface area contributed by atoms with Crippen LogP contribution >= 0.6 is 0 Å². The number of aromatic nitrogens is 1. The second-order valence-electron chi connectivity index (χ2n) is 14.0. The second-order valence-corrected chi connectivity index (χ2v) is 14.0. The van der Waals surface area contributed by atoms with E-state index in [1.54, 1.807) is 0 Å². The maximum absolute atomic E-state index is 6.60. The van der Waals surface area contributed by atoms with Crippen molar-refractivity contribution in [1.29, 1.82) is 0 Å². The van der Waals surface area contributed by atoms with E-state index in [9.17, 15) is 0 Å². The molecule has 11 aromatic rings. The fourth-order valence-corrected chi connectivity index (χ4v) is 8.21. The number of anilines is 3. The molecule has 0 atom stereocenters. The zero-order valence-corrected chi connectivity index (χ0v) is 29.3. The predicted octanol–water partition coefficient (Wildman–Crippen LogP) is 14.4. The Balaban J connectivity index is 1.14. The third-order valence-electron chi connectivity index (χ3n) is 10.8. The summed E-state index contributed by atoms with van der Waals surface area (Å²) in [6.07, 6.45) is 0. The highest BCUT2D eigenvalue weighted by Crippen LogP contribution is 2.43. The highest BCUT2D eigenvalue weighted by molar-refractivity contribution is 6.26. The Labute approximate surface area is 312 Å². The van der Waals surface area contributed by atoms with Crippen LogP contribution in [0.5, 0.6) is 0 Å². The van der Waals surface area contributed by atoms with E-state index in [4.69, 9.17) is 9.40 Å². The van der Waals surface area contributed by atoms with Crippen LogP contribution in [0, 0.1) is 0 Å². The first kappa shape index (κ1) is 30.4. The van der Waals surface area contributed by atoms with Gasteiger partial charge in [0.1, 0.15) is 5.52 Å². The smallest absolute Gasteiger partial charge is 0.227 e. The van der Waals surface area contributed by atoms with Gasteiger partial charge in [-0.2, -0.15) is 0 Å². The molecule has 0 amide bonds. The molecule has 0 aliphatic carbocycles. The third kappa shape index (κ3) is 4.94. The maximum Gasteiger partial charge on any atom is 0.227 e. The molecule has 0 bridgehead atoms. The van der Waals surface area contributed by atoms with Gasteiger partial charge in [0.05, 0.1) is 0 Å². The van der Waals surface area contributed by atoms with Gasteiger partial charge in [0.25, 0.3) is 0 Å². The van der Waals surface area contributed by atoms with Gasteiger partial charge in [0, 0.05) is 33.4 Å². The van der Waals surface area contributed by atoms with Crippen LogP contribution in [0.2, 0.25) is 0 Å². The van der Waals surface area contributed by atoms with E-state index >= 15 is 0 Å². The molecule has 0 N–H and O–H groups in total. The second kappa shape index (κ2) is 12.2. The Kier molecular flexibility index (Phi) is 6.86. The van der Waals surface area contributed by atoms with Gasteiger partial charge < -0.3 is 9.32 Å². The number of rotatable bonds is 5. The van der Waals surface area contributed by atoms with Gasteiger partial charge in [0.15, 0.2) is 5.58 Å². The van der Waals surface area contributed by atoms with E-state index in [1.807, 2.05) is 30.3 Å². The van der Waals surface area contributed by atoms with Gasteiger partial charge in [-0.25, -0.2) is 4.98 Å². The van der Waals surface area contributed by atoms with E-state index in [-0.39, 0.29) is 0 Å². The summed E-state index contributed by atoms with van der Waals surface area (Å²) in [6.45, 7) is 0. The molecule has 0 fully saturated rings. The van der Waals surface area contributed by atoms with Gasteiger partial charge in [-0.05, 0) is 109 Å². The molecule has 0 saturated carbocycles. The monoisotopic (exact) mass is 688 g/mol. The molecule has 3 heteroatoms. The van der Waals surface area contributed by atoms with Crippen molar-refractivity contribution in [3.8, 4) is 22.6 Å². The fourth-order valence-electron chi connectivity index (χ4n) is 8.21. The average molecular weight is 689 g/mol. The van der Waals surface area contributed by atoms with Crippen LogP contribution in [0.1, 0.15) is 0 Å². The highest BCUT2D eigenvalue weighted by atomic mass is 16.3. The van der Waals surface area contributed by atoms with Crippen molar-refractivity contribution in [1.82, 2.24) is 4.98 Å². The van der Waals surface area contributed by atoms with E-state index < -0.39 is 0 Å². The summed E-state index contributed by atoms with van der Waals surface area (Å²) in [5.41, 5.74) is 8.29. The van der Waals surface area contributed by atoms with Gasteiger partial charge in [-0.15, -0.1) is 0 Å². The van der Waals surface area contributed by atoms with Crippen molar-refractivity contribution < 1.29 is 4.42 Å². The summed E-state index contributed by atoms with van der Waals surface area (Å²) >= 11 is 0. The number of oxazole rings is 1. The minimum absolute atomic E-state index is 0.633. The minimum Gasteiger partial charge on any atom is -0.435 e. The van der Waals surface area contributed by atoms with Crippen molar-refractivity contribution >= 4 is 82.0 Å². The van der Waals surface area contributed by atoms with Crippen molar-refractivity contribution in [2.75, 3.05) is 4.90 Å². The fraction of sp³-hybridized carbons (Fsp3) is 0. The van der Waals surface area contributed by atoms with Crippen LogP contribution in [0.15, 0.2) is 199 Å². The molecule has 54 heavy (non-hydrogen) atoms. The predicted molar refractivity (Wildman–Crippen MR) is 227 cm³/mol. The molecule has 10 aromatic carbocycles. The van der Waals surface area contributed by atoms with Crippen LogP contribution in [0.3, 0.4) is 0 Å². The maximum atomic E-state index is 6.60. The summed E-state index contributed by atoms with van der Waals surface area (Å²) in [4.78, 5) is 7.31. The molecule has 3 nitrogen and oxygen atoms in total. The minimum atomic E-state index is 0.633. The Morgan fingerprint density at radius 2 is 0.944 bits per heavy atom. The Morgan fingerprint density at radius 3 is 1.78 bits per heavy atom. The lowest BCUT2D eigenvalue weighted by atomic mass is 9.95. The van der Waals surface area contributed by atoms with Gasteiger partial charge in [0.2, 0.25) is 5.89 Å². The van der Waals surface area contributed by atoms with Crippen LogP contribution < -0.4 is 4.90 Å². The van der Waals surface area contributed by atoms with Crippen LogP contribution in [0.4, 0.5) is 17.1 Å². The lowest BCUT2D eigenvalue weighted by molar-refractivity contribution is 0.623. The molecule has 1 heterocycles. The summed E-state index contributed by atoms with van der Waals surface area (Å²) < 4.78 is 6.60. The molecule has 252 valence electrons. The van der Waals surface area contributed by atoms with E-state index in [1.165, 1.54) is 48.8 Å². The molecule has 0 aliphatic heterocycles. The molecule has 0 aliphatic rings. The standard InChI is InChI=1S/C51H32N2O/c1-3-10-33(11-4-1)39-15-9-16-41(30-39)53(43-26-24-35-19-18-34-12-7-8-17-44(34)46(35)32-43)42-27-28-45-40(31-42)23-22-36-20-21-37-25-29-47-50(49(37)48(36)45)54-51(52-47)38-13-5-2-6-14-38/h1-32H. The molecule has 0 unspecified atom stereocenters. The summed E-state index contributed by atoms with van der Waals surface area (Å²) in [7, 11) is 0. The molecule has 0 saturated heterocycles. The molecular weight excluding hydrogens is 657 g/mol. The van der Waals surface area contributed by atoms with Crippen LogP contribution in [-0.4, -0.2) is 4.98 Å². The third-order valence-corrected chi connectivity index (χ3v) is 10.8. The normalized spacial score (nSPS) is 11.7. The zero-order valence-electron chi connectivity index (χ0n) is 29.3. The van der Waals surface area contributed by atoms with Gasteiger partial charge >= 0.3 is 0 Å². The number of hydrogen-bond acceptors (Lipinski definition) is 3. The first-order chi connectivity index (χ1) is 26.7. The molecular formula is C51H32N2O. The molecule has 0 spiro atoms. The molecule has 11 rings (SSSR count). The largest absolute Gasteiger partial charge is 0.435 e. The van der Waals surface area contributed by atoms with E-state index in [2.05, 4.69) is 169 Å².